The van der Waals surface area contributed by atoms with Crippen molar-refractivity contribution in [2.24, 2.45) is 0 Å². The molecule has 0 aromatic heterocycles. The van der Waals surface area contributed by atoms with Gasteiger partial charge in [-0.15, -0.1) is 0 Å². The Morgan fingerprint density at radius 2 is 1.20 bits per heavy atom. The number of hydrogen-bond donors (Lipinski definition) is 0. The monoisotopic (exact) mass is 185 g/mol. The molecule has 0 saturated carbocycles. The SMILES string of the molecule is O=[P+]=O.[Co].[Cu]. The molecule has 0 fully saturated rings. The second-order valence-corrected chi connectivity index (χ2v) is 0.224. The molecule has 0 aliphatic heterocycles. The molecule has 0 heterocycles. The van der Waals surface area contributed by atoms with Crippen LogP contribution in [0.4, 0.5) is 0 Å². The molecule has 0 aliphatic rings. The van der Waals surface area contributed by atoms with Gasteiger partial charge >= 0.3 is 17.5 Å². The van der Waals surface area contributed by atoms with Crippen molar-refractivity contribution in [1.29, 1.82) is 0 Å². The second kappa shape index (κ2) is 19.7. The Labute approximate surface area is 51.6 Å². The first-order valence-corrected chi connectivity index (χ1v) is 1.10. The maximum Gasteiger partial charge on any atom is 0 e. The molecule has 0 aromatic rings. The third kappa shape index (κ3) is 42.3. The molecule has 0 N–H and O–H groups in total. The summed E-state index contributed by atoms with van der Waals surface area (Å²) in [6, 6.07) is 0. The Morgan fingerprint density at radius 1 is 1.20 bits per heavy atom. The zero-order chi connectivity index (χ0) is 2.71. The molecule has 0 aromatic carbocycles. The van der Waals surface area contributed by atoms with Crippen LogP contribution in [0.5, 0.6) is 0 Å². The van der Waals surface area contributed by atoms with Crippen LogP contribution in [-0.4, -0.2) is 0 Å². The fourth-order valence-corrected chi connectivity index (χ4v) is 0. The van der Waals surface area contributed by atoms with E-state index in [9.17, 15) is 0 Å². The van der Waals surface area contributed by atoms with Gasteiger partial charge in [0.15, 0.2) is 0 Å². The van der Waals surface area contributed by atoms with E-state index in [1.54, 1.807) is 0 Å². The van der Waals surface area contributed by atoms with Crippen LogP contribution >= 0.6 is 8.34 Å². The summed E-state index contributed by atoms with van der Waals surface area (Å²) in [7, 11) is -1.08. The third-order valence-corrected chi connectivity index (χ3v) is 0. The number of rotatable bonds is 0. The summed E-state index contributed by atoms with van der Waals surface area (Å²) in [6.45, 7) is 0. The van der Waals surface area contributed by atoms with E-state index >= 15 is 0 Å². The van der Waals surface area contributed by atoms with Gasteiger partial charge in [-0.25, -0.2) is 0 Å². The predicted molar refractivity (Wildman–Crippen MR) is 8.29 cm³/mol. The van der Waals surface area contributed by atoms with E-state index in [2.05, 4.69) is 0 Å². The Morgan fingerprint density at radius 3 is 1.20 bits per heavy atom. The van der Waals surface area contributed by atoms with Crippen molar-refractivity contribution < 1.29 is 43.0 Å². The van der Waals surface area contributed by atoms with Crippen molar-refractivity contribution in [1.82, 2.24) is 0 Å². The van der Waals surface area contributed by atoms with Crippen molar-refractivity contribution in [2.45, 2.75) is 0 Å². The molecule has 36 valence electrons. The van der Waals surface area contributed by atoms with Crippen LogP contribution < -0.4 is 0 Å². The summed E-state index contributed by atoms with van der Waals surface area (Å²) in [5.74, 6) is 0. The van der Waals surface area contributed by atoms with Crippen LogP contribution in [-0.2, 0) is 43.0 Å². The summed E-state index contributed by atoms with van der Waals surface area (Å²) in [5, 5.41) is 0. The Kier molecular flexibility index (Phi) is 65.2. The Hall–Kier alpha value is 1.06. The first kappa shape index (κ1) is 16.6. The fourth-order valence-electron chi connectivity index (χ4n) is 0. The van der Waals surface area contributed by atoms with Gasteiger partial charge in [0.25, 0.3) is 0 Å². The minimum atomic E-state index is -1.08. The van der Waals surface area contributed by atoms with E-state index in [-0.39, 0.29) is 33.8 Å². The zero-order valence-corrected chi connectivity index (χ0v) is 4.78. The molecule has 0 atom stereocenters. The van der Waals surface area contributed by atoms with E-state index in [1.165, 1.54) is 0 Å². The van der Waals surface area contributed by atoms with E-state index in [4.69, 9.17) is 9.13 Å². The molecular weight excluding hydrogens is 185 g/mol. The maximum atomic E-state index is 8.35. The zero-order valence-electron chi connectivity index (χ0n) is 1.90. The number of hydrogen-bond acceptors (Lipinski definition) is 2. The van der Waals surface area contributed by atoms with Crippen LogP contribution in [0.15, 0.2) is 0 Å². The summed E-state index contributed by atoms with van der Waals surface area (Å²) in [4.78, 5) is 0. The average Bonchev–Trinajstić information content (AvgIpc) is 0.918. The van der Waals surface area contributed by atoms with Gasteiger partial charge in [-0.05, 0) is 0 Å². The largest absolute Gasteiger partial charge is 0 e. The Balaban J connectivity index is -0.0000000200. The Bertz CT molecular complexity index is 30.6. The van der Waals surface area contributed by atoms with Crippen molar-refractivity contribution in [3.63, 3.8) is 0 Å². The van der Waals surface area contributed by atoms with E-state index in [0.29, 0.717) is 0 Å². The van der Waals surface area contributed by atoms with Gasteiger partial charge in [-0.2, -0.15) is 0 Å². The van der Waals surface area contributed by atoms with Gasteiger partial charge in [0.05, 0.1) is 0 Å². The molecule has 2 nitrogen and oxygen atoms in total. The molecule has 0 amide bonds. The van der Waals surface area contributed by atoms with Gasteiger partial charge in [-0.1, -0.05) is 0 Å². The summed E-state index contributed by atoms with van der Waals surface area (Å²) >= 11 is 0. The van der Waals surface area contributed by atoms with Crippen molar-refractivity contribution >= 4 is 8.34 Å². The van der Waals surface area contributed by atoms with Crippen LogP contribution in [0.25, 0.3) is 0 Å². The third-order valence-electron chi connectivity index (χ3n) is 0. The normalized spacial score (nSPS) is 1.60. The minimum absolute atomic E-state index is 0. The molecule has 0 unspecified atom stereocenters. The maximum absolute atomic E-state index is 8.35. The summed E-state index contributed by atoms with van der Waals surface area (Å²) < 4.78 is 16.7. The van der Waals surface area contributed by atoms with Crippen LogP contribution in [0.2, 0.25) is 0 Å². The predicted octanol–water partition coefficient (Wildman–Crippen LogP) is 0.619. The van der Waals surface area contributed by atoms with Gasteiger partial charge in [0.1, 0.15) is 0 Å². The van der Waals surface area contributed by atoms with Gasteiger partial charge in [-0.3, -0.25) is 0 Å². The van der Waals surface area contributed by atoms with E-state index in [0.717, 1.165) is 0 Å². The molecule has 5 heavy (non-hydrogen) atoms. The molecule has 0 rings (SSSR count). The molecule has 5 heteroatoms. The van der Waals surface area contributed by atoms with Crippen molar-refractivity contribution in [2.75, 3.05) is 0 Å². The summed E-state index contributed by atoms with van der Waals surface area (Å²) in [6.07, 6.45) is 0. The average molecular weight is 185 g/mol. The van der Waals surface area contributed by atoms with Crippen molar-refractivity contribution in [3.05, 3.63) is 0 Å². The first-order valence-electron chi connectivity index (χ1n) is 0.365. The fraction of sp³-hybridized carbons (Fsp3) is 0. The van der Waals surface area contributed by atoms with Crippen molar-refractivity contribution in [3.8, 4) is 0 Å². The van der Waals surface area contributed by atoms with Gasteiger partial charge in [0, 0.05) is 33.8 Å². The van der Waals surface area contributed by atoms with E-state index < -0.39 is 8.34 Å². The smallest absolute Gasteiger partial charge is 0 e. The molecule has 0 spiro atoms. The molecule has 2 radical (unpaired) electrons. The molecular formula is CoCuO2P+. The first-order chi connectivity index (χ1) is 1.41. The molecule has 0 saturated heterocycles. The topological polar surface area (TPSA) is 34.1 Å². The van der Waals surface area contributed by atoms with Gasteiger partial charge in [0.2, 0.25) is 0 Å². The van der Waals surface area contributed by atoms with Gasteiger partial charge < -0.3 is 0 Å². The standard InChI is InChI=1S/Co.Cu.O2P/c;;1-3-2/q;;+1. The van der Waals surface area contributed by atoms with Crippen LogP contribution in [0.3, 0.4) is 0 Å². The quantitative estimate of drug-likeness (QED) is 0.410. The van der Waals surface area contributed by atoms with Crippen LogP contribution in [0, 0.1) is 0 Å². The second-order valence-electron chi connectivity index (χ2n) is 0.0745. The summed E-state index contributed by atoms with van der Waals surface area (Å²) in [5.41, 5.74) is 0. The molecule has 0 bridgehead atoms. The minimum Gasteiger partial charge on any atom is 0 e. The molecule has 0 aliphatic carbocycles. The van der Waals surface area contributed by atoms with E-state index in [1.807, 2.05) is 0 Å². The van der Waals surface area contributed by atoms with Crippen LogP contribution in [0.1, 0.15) is 0 Å².